The number of benzene rings is 1. The third kappa shape index (κ3) is 2.85. The van der Waals surface area contributed by atoms with Crippen molar-refractivity contribution in [3.05, 3.63) is 64.4 Å². The highest BCUT2D eigenvalue weighted by Crippen LogP contribution is 2.33. The van der Waals surface area contributed by atoms with E-state index in [1.165, 1.54) is 11.1 Å². The van der Waals surface area contributed by atoms with Gasteiger partial charge in [-0.05, 0) is 36.1 Å². The Bertz CT molecular complexity index is 585. The van der Waals surface area contributed by atoms with Gasteiger partial charge in [-0.2, -0.15) is 0 Å². The largest absolute Gasteiger partial charge is 0.373 e. The third-order valence-corrected chi connectivity index (χ3v) is 3.91. The van der Waals surface area contributed by atoms with Crippen molar-refractivity contribution < 1.29 is 4.74 Å². The topological polar surface area (TPSA) is 48.1 Å². The van der Waals surface area contributed by atoms with Gasteiger partial charge in [0.25, 0.3) is 0 Å². The Morgan fingerprint density at radius 1 is 1.30 bits per heavy atom. The van der Waals surface area contributed by atoms with Crippen molar-refractivity contribution in [1.82, 2.24) is 4.98 Å². The van der Waals surface area contributed by atoms with Gasteiger partial charge >= 0.3 is 0 Å². The number of hydrogen-bond donors (Lipinski definition) is 1. The molecule has 0 saturated carbocycles. The molecule has 0 fully saturated rings. The van der Waals surface area contributed by atoms with E-state index in [0.717, 1.165) is 25.1 Å². The molecule has 0 spiro atoms. The predicted molar refractivity (Wildman–Crippen MR) is 79.6 cm³/mol. The van der Waals surface area contributed by atoms with Crippen LogP contribution in [-0.2, 0) is 11.2 Å². The number of fused-ring (bicyclic) bond motifs is 1. The molecule has 2 aromatic rings. The summed E-state index contributed by atoms with van der Waals surface area (Å²) >= 11 is 5.85. The van der Waals surface area contributed by atoms with E-state index >= 15 is 0 Å². The van der Waals surface area contributed by atoms with Crippen molar-refractivity contribution in [3.8, 4) is 0 Å². The molecule has 2 N–H and O–H groups in total. The molecular weight excluding hydrogens is 272 g/mol. The van der Waals surface area contributed by atoms with E-state index in [9.17, 15) is 0 Å². The highest BCUT2D eigenvalue weighted by atomic mass is 35.5. The second-order valence-electron chi connectivity index (χ2n) is 5.05. The quantitative estimate of drug-likeness (QED) is 0.941. The third-order valence-electron chi connectivity index (χ3n) is 3.69. The summed E-state index contributed by atoms with van der Waals surface area (Å²) in [4.78, 5) is 4.29. The Balaban J connectivity index is 1.77. The van der Waals surface area contributed by atoms with Gasteiger partial charge in [-0.15, -0.1) is 0 Å². The van der Waals surface area contributed by atoms with Crippen LogP contribution in [0.25, 0.3) is 0 Å². The SMILES string of the molecule is NC(CC1OCCc2ccccc21)c1ccc(Cl)cn1. The molecule has 1 aromatic heterocycles. The first-order valence-electron chi connectivity index (χ1n) is 6.80. The maximum Gasteiger partial charge on any atom is 0.0846 e. The number of aromatic nitrogens is 1. The molecule has 0 radical (unpaired) electrons. The van der Waals surface area contributed by atoms with Crippen LogP contribution < -0.4 is 5.73 Å². The van der Waals surface area contributed by atoms with Crippen molar-refractivity contribution in [2.24, 2.45) is 5.73 Å². The summed E-state index contributed by atoms with van der Waals surface area (Å²) in [6.45, 7) is 0.752. The lowest BCUT2D eigenvalue weighted by Crippen LogP contribution is -2.22. The fourth-order valence-corrected chi connectivity index (χ4v) is 2.74. The monoisotopic (exact) mass is 288 g/mol. The van der Waals surface area contributed by atoms with Gasteiger partial charge in [0.2, 0.25) is 0 Å². The second kappa shape index (κ2) is 5.92. The number of pyridine rings is 1. The van der Waals surface area contributed by atoms with Gasteiger partial charge in [-0.25, -0.2) is 0 Å². The van der Waals surface area contributed by atoms with E-state index in [4.69, 9.17) is 22.1 Å². The van der Waals surface area contributed by atoms with Gasteiger partial charge in [0, 0.05) is 12.2 Å². The Morgan fingerprint density at radius 3 is 2.95 bits per heavy atom. The van der Waals surface area contributed by atoms with Gasteiger partial charge < -0.3 is 10.5 Å². The van der Waals surface area contributed by atoms with Crippen LogP contribution in [-0.4, -0.2) is 11.6 Å². The van der Waals surface area contributed by atoms with Crippen LogP contribution in [0.2, 0.25) is 5.02 Å². The number of rotatable bonds is 3. The summed E-state index contributed by atoms with van der Waals surface area (Å²) in [7, 11) is 0. The van der Waals surface area contributed by atoms with Gasteiger partial charge in [0.05, 0.1) is 23.4 Å². The molecule has 2 atom stereocenters. The van der Waals surface area contributed by atoms with E-state index in [0.29, 0.717) is 5.02 Å². The van der Waals surface area contributed by atoms with Crippen LogP contribution in [0, 0.1) is 0 Å². The first-order valence-corrected chi connectivity index (χ1v) is 7.18. The Kier molecular flexibility index (Phi) is 4.01. The number of hydrogen-bond acceptors (Lipinski definition) is 3. The lowest BCUT2D eigenvalue weighted by Gasteiger charge is -2.28. The van der Waals surface area contributed by atoms with Crippen molar-refractivity contribution >= 4 is 11.6 Å². The van der Waals surface area contributed by atoms with Gasteiger partial charge in [-0.3, -0.25) is 4.98 Å². The van der Waals surface area contributed by atoms with Crippen LogP contribution in [0.1, 0.15) is 35.4 Å². The molecule has 3 nitrogen and oxygen atoms in total. The average molecular weight is 289 g/mol. The molecule has 0 aliphatic carbocycles. The van der Waals surface area contributed by atoms with Gasteiger partial charge in [0.15, 0.2) is 0 Å². The minimum absolute atomic E-state index is 0.0485. The fourth-order valence-electron chi connectivity index (χ4n) is 2.63. The molecule has 0 amide bonds. The minimum atomic E-state index is -0.150. The zero-order valence-electron chi connectivity index (χ0n) is 11.1. The maximum absolute atomic E-state index is 6.25. The molecular formula is C16H17ClN2O. The first kappa shape index (κ1) is 13.6. The summed E-state index contributed by atoms with van der Waals surface area (Å²) < 4.78 is 5.89. The summed E-state index contributed by atoms with van der Waals surface area (Å²) in [5, 5.41) is 0.625. The Hall–Kier alpha value is -1.42. The zero-order valence-corrected chi connectivity index (χ0v) is 11.9. The lowest BCUT2D eigenvalue weighted by molar-refractivity contribution is 0.0317. The van der Waals surface area contributed by atoms with Crippen LogP contribution in [0.3, 0.4) is 0 Å². The molecule has 0 saturated heterocycles. The fraction of sp³-hybridized carbons (Fsp3) is 0.312. The zero-order chi connectivity index (χ0) is 13.9. The van der Waals surface area contributed by atoms with Crippen molar-refractivity contribution in [3.63, 3.8) is 0 Å². The summed E-state index contributed by atoms with van der Waals surface area (Å²) in [6, 6.07) is 12.0. The molecule has 4 heteroatoms. The molecule has 1 aliphatic rings. The number of halogens is 1. The molecule has 2 unspecified atom stereocenters. The number of nitrogens with zero attached hydrogens (tertiary/aromatic N) is 1. The normalized spacial score (nSPS) is 19.4. The number of ether oxygens (including phenoxy) is 1. The molecule has 1 aliphatic heterocycles. The molecule has 104 valence electrons. The summed E-state index contributed by atoms with van der Waals surface area (Å²) in [5.41, 5.74) is 9.71. The molecule has 3 rings (SSSR count). The highest BCUT2D eigenvalue weighted by Gasteiger charge is 2.23. The maximum atomic E-state index is 6.25. The molecule has 0 bridgehead atoms. The second-order valence-corrected chi connectivity index (χ2v) is 5.49. The molecule has 20 heavy (non-hydrogen) atoms. The van der Waals surface area contributed by atoms with E-state index in [2.05, 4.69) is 23.2 Å². The van der Waals surface area contributed by atoms with E-state index in [-0.39, 0.29) is 12.1 Å². The van der Waals surface area contributed by atoms with Crippen LogP contribution in [0.5, 0.6) is 0 Å². The van der Waals surface area contributed by atoms with Crippen LogP contribution >= 0.6 is 11.6 Å². The lowest BCUT2D eigenvalue weighted by atomic mass is 9.93. The highest BCUT2D eigenvalue weighted by molar-refractivity contribution is 6.30. The van der Waals surface area contributed by atoms with Crippen LogP contribution in [0.4, 0.5) is 0 Å². The van der Waals surface area contributed by atoms with Gasteiger partial charge in [0.1, 0.15) is 0 Å². The summed E-state index contributed by atoms with van der Waals surface area (Å²) in [5.74, 6) is 0. The average Bonchev–Trinajstić information content (AvgIpc) is 2.48. The Labute approximate surface area is 123 Å². The standard InChI is InChI=1S/C16H17ClN2O/c17-12-5-6-15(19-10-12)14(18)9-16-13-4-2-1-3-11(13)7-8-20-16/h1-6,10,14,16H,7-9,18H2. The van der Waals surface area contributed by atoms with Crippen molar-refractivity contribution in [1.29, 1.82) is 0 Å². The molecule has 2 heterocycles. The van der Waals surface area contributed by atoms with Crippen LogP contribution in [0.15, 0.2) is 42.6 Å². The molecule has 1 aromatic carbocycles. The van der Waals surface area contributed by atoms with E-state index < -0.39 is 0 Å². The van der Waals surface area contributed by atoms with Gasteiger partial charge in [-0.1, -0.05) is 35.9 Å². The Morgan fingerprint density at radius 2 is 2.15 bits per heavy atom. The van der Waals surface area contributed by atoms with Crippen molar-refractivity contribution in [2.45, 2.75) is 25.0 Å². The van der Waals surface area contributed by atoms with E-state index in [1.807, 2.05) is 18.2 Å². The minimum Gasteiger partial charge on any atom is -0.373 e. The smallest absolute Gasteiger partial charge is 0.0846 e. The number of nitrogens with two attached hydrogens (primary N) is 1. The van der Waals surface area contributed by atoms with Crippen molar-refractivity contribution in [2.75, 3.05) is 6.61 Å². The summed E-state index contributed by atoms with van der Waals surface area (Å²) in [6.07, 6.45) is 3.38. The first-order chi connectivity index (χ1) is 9.74. The van der Waals surface area contributed by atoms with E-state index in [1.54, 1.807) is 6.20 Å². The predicted octanol–water partition coefficient (Wildman–Crippen LogP) is 3.44.